The fourth-order valence-corrected chi connectivity index (χ4v) is 7.48. The molecule has 0 unspecified atom stereocenters. The maximum absolute atomic E-state index is 13.2. The first-order chi connectivity index (χ1) is 15.5. The smallest absolute Gasteiger partial charge is 0.243 e. The second-order valence-corrected chi connectivity index (χ2v) is 12.2. The van der Waals surface area contributed by atoms with Gasteiger partial charge in [0.15, 0.2) is 0 Å². The SMILES string of the molecule is O=S(=O)(c1ccc2cc(Cl)ccc2c1)N1CCN(CCCc2cc3c(s2)CCNC3)CC1. The summed E-state index contributed by atoms with van der Waals surface area (Å²) in [6.07, 6.45) is 3.38. The molecule has 5 nitrogen and oxygen atoms in total. The Morgan fingerprint density at radius 1 is 1.00 bits per heavy atom. The van der Waals surface area contributed by atoms with E-state index >= 15 is 0 Å². The van der Waals surface area contributed by atoms with Crippen LogP contribution in [0.2, 0.25) is 5.02 Å². The van der Waals surface area contributed by atoms with Crippen molar-refractivity contribution in [2.45, 2.75) is 30.7 Å². The molecule has 0 spiro atoms. The first-order valence-corrected chi connectivity index (χ1v) is 13.9. The van der Waals surface area contributed by atoms with Crippen molar-refractivity contribution in [3.63, 3.8) is 0 Å². The standard InChI is InChI=1S/C24H28ClN3O2S2/c25-21-5-3-19-16-23(6-4-18(19)14-21)32(29,30)28-12-10-27(11-13-28)9-1-2-22-15-20-17-26-8-7-24(20)31-22/h3-6,14-16,26H,1-2,7-13,17H2. The van der Waals surface area contributed by atoms with Gasteiger partial charge in [0.25, 0.3) is 0 Å². The molecule has 2 aromatic carbocycles. The molecule has 8 heteroatoms. The van der Waals surface area contributed by atoms with E-state index in [9.17, 15) is 8.42 Å². The van der Waals surface area contributed by atoms with E-state index < -0.39 is 10.0 Å². The maximum Gasteiger partial charge on any atom is 0.243 e. The summed E-state index contributed by atoms with van der Waals surface area (Å²) < 4.78 is 28.0. The predicted octanol–water partition coefficient (Wildman–Crippen LogP) is 4.14. The molecule has 0 aliphatic carbocycles. The number of sulfonamides is 1. The van der Waals surface area contributed by atoms with Crippen molar-refractivity contribution >= 4 is 43.7 Å². The number of piperazine rings is 1. The highest BCUT2D eigenvalue weighted by Crippen LogP contribution is 2.27. The minimum atomic E-state index is -3.48. The predicted molar refractivity (Wildman–Crippen MR) is 132 cm³/mol. The molecule has 1 fully saturated rings. The molecular formula is C24H28ClN3O2S2. The van der Waals surface area contributed by atoms with Crippen LogP contribution in [0.1, 0.15) is 21.7 Å². The maximum atomic E-state index is 13.2. The molecule has 5 rings (SSSR count). The van der Waals surface area contributed by atoms with Crippen LogP contribution in [0.3, 0.4) is 0 Å². The molecule has 3 aromatic rings. The Morgan fingerprint density at radius 2 is 1.78 bits per heavy atom. The number of fused-ring (bicyclic) bond motifs is 2. The summed E-state index contributed by atoms with van der Waals surface area (Å²) in [5.41, 5.74) is 1.48. The normalized spacial score (nSPS) is 18.2. The van der Waals surface area contributed by atoms with E-state index in [-0.39, 0.29) is 0 Å². The minimum Gasteiger partial charge on any atom is -0.312 e. The molecule has 170 valence electrons. The van der Waals surface area contributed by atoms with Gasteiger partial charge in [-0.1, -0.05) is 23.7 Å². The minimum absolute atomic E-state index is 0.358. The van der Waals surface area contributed by atoms with Crippen molar-refractivity contribution in [2.75, 3.05) is 39.3 Å². The molecule has 2 aliphatic heterocycles. The highest BCUT2D eigenvalue weighted by Gasteiger charge is 2.28. The monoisotopic (exact) mass is 489 g/mol. The first kappa shape index (κ1) is 22.3. The van der Waals surface area contributed by atoms with Gasteiger partial charge >= 0.3 is 0 Å². The number of halogens is 1. The van der Waals surface area contributed by atoms with Crippen molar-refractivity contribution in [1.82, 2.24) is 14.5 Å². The van der Waals surface area contributed by atoms with Crippen molar-refractivity contribution in [1.29, 1.82) is 0 Å². The third kappa shape index (κ3) is 4.74. The van der Waals surface area contributed by atoms with Gasteiger partial charge in [-0.15, -0.1) is 11.3 Å². The van der Waals surface area contributed by atoms with Crippen LogP contribution >= 0.6 is 22.9 Å². The van der Waals surface area contributed by atoms with E-state index in [1.807, 2.05) is 29.5 Å². The van der Waals surface area contributed by atoms with Crippen LogP contribution in [-0.2, 0) is 29.4 Å². The van der Waals surface area contributed by atoms with Crippen molar-refractivity contribution in [3.05, 3.63) is 62.8 Å². The van der Waals surface area contributed by atoms with Gasteiger partial charge in [-0.3, -0.25) is 0 Å². The van der Waals surface area contributed by atoms with Gasteiger partial charge in [-0.25, -0.2) is 8.42 Å². The molecule has 0 atom stereocenters. The fraction of sp³-hybridized carbons (Fsp3) is 0.417. The number of hydrogen-bond donors (Lipinski definition) is 1. The summed E-state index contributed by atoms with van der Waals surface area (Å²) in [7, 11) is -3.48. The lowest BCUT2D eigenvalue weighted by molar-refractivity contribution is 0.187. The third-order valence-corrected chi connectivity index (χ3v) is 9.86. The molecule has 0 amide bonds. The van der Waals surface area contributed by atoms with Crippen LogP contribution < -0.4 is 5.32 Å². The van der Waals surface area contributed by atoms with E-state index in [0.717, 1.165) is 62.8 Å². The van der Waals surface area contributed by atoms with E-state index in [1.54, 1.807) is 27.4 Å². The molecular weight excluding hydrogens is 462 g/mol. The zero-order chi connectivity index (χ0) is 22.1. The highest BCUT2D eigenvalue weighted by molar-refractivity contribution is 7.89. The summed E-state index contributed by atoms with van der Waals surface area (Å²) in [6.45, 7) is 5.77. The van der Waals surface area contributed by atoms with Crippen molar-refractivity contribution in [3.8, 4) is 0 Å². The van der Waals surface area contributed by atoms with Crippen molar-refractivity contribution < 1.29 is 8.42 Å². The van der Waals surface area contributed by atoms with Crippen LogP contribution in [0.25, 0.3) is 10.8 Å². The van der Waals surface area contributed by atoms with Gasteiger partial charge in [0.1, 0.15) is 0 Å². The Labute approximate surface area is 199 Å². The summed E-state index contributed by atoms with van der Waals surface area (Å²) in [6, 6.07) is 13.2. The topological polar surface area (TPSA) is 52.7 Å². The molecule has 0 radical (unpaired) electrons. The van der Waals surface area contributed by atoms with Gasteiger partial charge in [-0.2, -0.15) is 4.31 Å². The van der Waals surface area contributed by atoms with Gasteiger partial charge in [0.05, 0.1) is 4.90 Å². The van der Waals surface area contributed by atoms with Gasteiger partial charge in [-0.05, 0) is 72.5 Å². The Balaban J connectivity index is 1.15. The first-order valence-electron chi connectivity index (χ1n) is 11.2. The zero-order valence-electron chi connectivity index (χ0n) is 18.0. The average molecular weight is 490 g/mol. The number of hydrogen-bond acceptors (Lipinski definition) is 5. The Kier molecular flexibility index (Phi) is 6.56. The Morgan fingerprint density at radius 3 is 2.59 bits per heavy atom. The highest BCUT2D eigenvalue weighted by atomic mass is 35.5. The van der Waals surface area contributed by atoms with Crippen molar-refractivity contribution in [2.24, 2.45) is 0 Å². The number of nitrogens with one attached hydrogen (secondary N) is 1. The second-order valence-electron chi connectivity index (χ2n) is 8.59. The lowest BCUT2D eigenvalue weighted by Gasteiger charge is -2.34. The van der Waals surface area contributed by atoms with Crippen LogP contribution in [0, 0.1) is 0 Å². The molecule has 0 bridgehead atoms. The number of aryl methyl sites for hydroxylation is 1. The lowest BCUT2D eigenvalue weighted by atomic mass is 10.1. The zero-order valence-corrected chi connectivity index (χ0v) is 20.4. The molecule has 0 saturated carbocycles. The Hall–Kier alpha value is -1.48. The van der Waals surface area contributed by atoms with Crippen LogP contribution in [0.15, 0.2) is 47.4 Å². The largest absolute Gasteiger partial charge is 0.312 e. The lowest BCUT2D eigenvalue weighted by Crippen LogP contribution is -2.48. The van der Waals surface area contributed by atoms with E-state index in [0.29, 0.717) is 23.0 Å². The summed E-state index contributed by atoms with van der Waals surface area (Å²) >= 11 is 8.02. The number of benzene rings is 2. The fourth-order valence-electron chi connectivity index (χ4n) is 4.61. The Bertz CT molecular complexity index is 1190. The second kappa shape index (κ2) is 9.41. The number of nitrogens with zero attached hydrogens (tertiary/aromatic N) is 2. The molecule has 1 saturated heterocycles. The van der Waals surface area contributed by atoms with Crippen LogP contribution in [0.5, 0.6) is 0 Å². The van der Waals surface area contributed by atoms with Gasteiger partial charge in [0.2, 0.25) is 10.0 Å². The molecule has 1 N–H and O–H groups in total. The summed E-state index contributed by atoms with van der Waals surface area (Å²) in [5.74, 6) is 0. The molecule has 3 heterocycles. The quantitative estimate of drug-likeness (QED) is 0.565. The molecule has 2 aliphatic rings. The molecule has 32 heavy (non-hydrogen) atoms. The summed E-state index contributed by atoms with van der Waals surface area (Å²) in [4.78, 5) is 5.78. The van der Waals surface area contributed by atoms with Gasteiger partial charge in [0, 0.05) is 54.0 Å². The third-order valence-electron chi connectivity index (χ3n) is 6.43. The average Bonchev–Trinajstić information content (AvgIpc) is 3.22. The van der Waals surface area contributed by atoms with Crippen LogP contribution in [-0.4, -0.2) is 56.9 Å². The number of rotatable bonds is 6. The van der Waals surface area contributed by atoms with Gasteiger partial charge < -0.3 is 10.2 Å². The van der Waals surface area contributed by atoms with E-state index in [2.05, 4.69) is 16.3 Å². The van der Waals surface area contributed by atoms with Crippen LogP contribution in [0.4, 0.5) is 0 Å². The van der Waals surface area contributed by atoms with E-state index in [4.69, 9.17) is 11.6 Å². The molecule has 1 aromatic heterocycles. The van der Waals surface area contributed by atoms with E-state index in [1.165, 1.54) is 10.4 Å². The summed E-state index contributed by atoms with van der Waals surface area (Å²) in [5, 5.41) is 5.93. The number of thiophene rings is 1.